The Labute approximate surface area is 123 Å². The van der Waals surface area contributed by atoms with E-state index in [1.54, 1.807) is 0 Å². The van der Waals surface area contributed by atoms with E-state index in [4.69, 9.17) is 4.74 Å². The third kappa shape index (κ3) is 2.91. The van der Waals surface area contributed by atoms with Crippen LogP contribution in [0.4, 0.5) is 0 Å². The molecule has 1 heterocycles. The van der Waals surface area contributed by atoms with Gasteiger partial charge in [-0.2, -0.15) is 0 Å². The highest BCUT2D eigenvalue weighted by molar-refractivity contribution is 5.34. The van der Waals surface area contributed by atoms with E-state index in [0.29, 0.717) is 12.0 Å². The second-order valence-electron chi connectivity index (χ2n) is 7.40. The number of nitrogens with one attached hydrogen (secondary N) is 1. The highest BCUT2D eigenvalue weighted by atomic mass is 16.5. The first-order valence-corrected chi connectivity index (χ1v) is 7.61. The molecule has 1 aliphatic rings. The Morgan fingerprint density at radius 1 is 1.20 bits per heavy atom. The van der Waals surface area contributed by atoms with Gasteiger partial charge in [0.15, 0.2) is 0 Å². The van der Waals surface area contributed by atoms with Crippen LogP contribution in [0.2, 0.25) is 0 Å². The van der Waals surface area contributed by atoms with E-state index in [2.05, 4.69) is 72.1 Å². The minimum atomic E-state index is -0.104. The molecule has 0 saturated carbocycles. The molecule has 0 amide bonds. The summed E-state index contributed by atoms with van der Waals surface area (Å²) in [7, 11) is 2.06. The summed E-state index contributed by atoms with van der Waals surface area (Å²) < 4.78 is 6.28. The number of hydrogen-bond acceptors (Lipinski definition) is 2. The Morgan fingerprint density at radius 2 is 1.85 bits per heavy atom. The molecule has 0 aromatic heterocycles. The van der Waals surface area contributed by atoms with Crippen LogP contribution in [0, 0.1) is 19.8 Å². The summed E-state index contributed by atoms with van der Waals surface area (Å²) in [5.74, 6) is 0.475. The third-order valence-electron chi connectivity index (χ3n) is 4.63. The summed E-state index contributed by atoms with van der Waals surface area (Å²) in [4.78, 5) is 0. The van der Waals surface area contributed by atoms with Crippen molar-refractivity contribution in [1.82, 2.24) is 5.32 Å². The van der Waals surface area contributed by atoms with Crippen molar-refractivity contribution in [2.75, 3.05) is 7.05 Å². The predicted molar refractivity (Wildman–Crippen MR) is 85.1 cm³/mol. The lowest BCUT2D eigenvalue weighted by Gasteiger charge is -2.34. The second kappa shape index (κ2) is 5.16. The molecule has 1 saturated heterocycles. The SMILES string of the molecule is CNC(c1cc(C)ccc1C)C1CC(C)(C)OC1(C)C. The van der Waals surface area contributed by atoms with E-state index >= 15 is 0 Å². The van der Waals surface area contributed by atoms with Crippen LogP contribution in [0.15, 0.2) is 18.2 Å². The molecule has 1 aromatic carbocycles. The molecule has 2 nitrogen and oxygen atoms in total. The van der Waals surface area contributed by atoms with Crippen LogP contribution in [-0.4, -0.2) is 18.2 Å². The number of rotatable bonds is 3. The molecule has 1 aromatic rings. The Balaban J connectivity index is 2.40. The Morgan fingerprint density at radius 3 is 2.35 bits per heavy atom. The molecular weight excluding hydrogens is 246 g/mol. The van der Waals surface area contributed by atoms with E-state index in [9.17, 15) is 0 Å². The zero-order chi connectivity index (χ0) is 15.1. The molecule has 0 spiro atoms. The molecule has 2 heteroatoms. The summed E-state index contributed by atoms with van der Waals surface area (Å²) in [5, 5.41) is 3.54. The zero-order valence-corrected chi connectivity index (χ0v) is 14.0. The fourth-order valence-corrected chi connectivity index (χ4v) is 3.79. The lowest BCUT2D eigenvalue weighted by molar-refractivity contribution is -0.0776. The van der Waals surface area contributed by atoms with Crippen molar-refractivity contribution >= 4 is 0 Å². The highest BCUT2D eigenvalue weighted by Crippen LogP contribution is 2.48. The summed E-state index contributed by atoms with van der Waals surface area (Å²) in [6.07, 6.45) is 1.08. The highest BCUT2D eigenvalue weighted by Gasteiger charge is 2.49. The van der Waals surface area contributed by atoms with Gasteiger partial charge in [-0.15, -0.1) is 0 Å². The summed E-state index contributed by atoms with van der Waals surface area (Å²) >= 11 is 0. The lowest BCUT2D eigenvalue weighted by Crippen LogP contribution is -2.37. The first-order valence-electron chi connectivity index (χ1n) is 7.61. The van der Waals surface area contributed by atoms with E-state index < -0.39 is 0 Å². The summed E-state index contributed by atoms with van der Waals surface area (Å²) in [5.41, 5.74) is 3.94. The van der Waals surface area contributed by atoms with Crippen molar-refractivity contribution in [3.8, 4) is 0 Å². The summed E-state index contributed by atoms with van der Waals surface area (Å²) in [6, 6.07) is 7.07. The van der Waals surface area contributed by atoms with Crippen molar-refractivity contribution in [1.29, 1.82) is 0 Å². The van der Waals surface area contributed by atoms with Crippen LogP contribution in [0.5, 0.6) is 0 Å². The Hall–Kier alpha value is -0.860. The zero-order valence-electron chi connectivity index (χ0n) is 14.0. The molecule has 20 heavy (non-hydrogen) atoms. The van der Waals surface area contributed by atoms with E-state index in [0.717, 1.165) is 6.42 Å². The van der Waals surface area contributed by atoms with Gasteiger partial charge in [-0.25, -0.2) is 0 Å². The van der Waals surface area contributed by atoms with Crippen molar-refractivity contribution in [2.24, 2.45) is 5.92 Å². The van der Waals surface area contributed by atoms with Gasteiger partial charge in [0.25, 0.3) is 0 Å². The topological polar surface area (TPSA) is 21.3 Å². The molecule has 2 atom stereocenters. The quantitative estimate of drug-likeness (QED) is 0.894. The third-order valence-corrected chi connectivity index (χ3v) is 4.63. The number of ether oxygens (including phenoxy) is 1. The maximum absolute atomic E-state index is 6.28. The predicted octanol–water partition coefficient (Wildman–Crippen LogP) is 4.16. The molecule has 0 radical (unpaired) electrons. The van der Waals surface area contributed by atoms with Crippen LogP contribution in [0.3, 0.4) is 0 Å². The van der Waals surface area contributed by atoms with Gasteiger partial charge in [0.05, 0.1) is 11.2 Å². The number of hydrogen-bond donors (Lipinski definition) is 1. The van der Waals surface area contributed by atoms with Crippen molar-refractivity contribution < 1.29 is 4.74 Å². The maximum atomic E-state index is 6.28. The van der Waals surface area contributed by atoms with Crippen molar-refractivity contribution in [3.63, 3.8) is 0 Å². The monoisotopic (exact) mass is 275 g/mol. The van der Waals surface area contributed by atoms with Crippen LogP contribution in [-0.2, 0) is 4.74 Å². The molecular formula is C18H29NO. The Kier molecular flexibility index (Phi) is 4.01. The van der Waals surface area contributed by atoms with Gasteiger partial charge < -0.3 is 10.1 Å². The minimum absolute atomic E-state index is 0.0407. The van der Waals surface area contributed by atoms with Crippen LogP contribution >= 0.6 is 0 Å². The van der Waals surface area contributed by atoms with E-state index in [-0.39, 0.29) is 11.2 Å². The summed E-state index contributed by atoms with van der Waals surface area (Å²) in [6.45, 7) is 13.2. The normalized spacial score (nSPS) is 25.6. The van der Waals surface area contributed by atoms with Gasteiger partial charge in [0.1, 0.15) is 0 Å². The largest absolute Gasteiger partial charge is 0.369 e. The average Bonchev–Trinajstić information content (AvgIpc) is 2.53. The standard InChI is InChI=1S/C18H29NO/c1-12-8-9-13(2)14(10-12)16(19-7)15-11-17(3,4)20-18(15,5)6/h8-10,15-16,19H,11H2,1-7H3. The number of benzene rings is 1. The van der Waals surface area contributed by atoms with Crippen molar-refractivity contribution in [2.45, 2.75) is 65.2 Å². The van der Waals surface area contributed by atoms with Gasteiger partial charge >= 0.3 is 0 Å². The molecule has 112 valence electrons. The maximum Gasteiger partial charge on any atom is 0.0681 e. The molecule has 2 rings (SSSR count). The first-order chi connectivity index (χ1) is 9.16. The molecule has 0 bridgehead atoms. The fourth-order valence-electron chi connectivity index (χ4n) is 3.79. The molecule has 0 aliphatic carbocycles. The fraction of sp³-hybridized carbons (Fsp3) is 0.667. The molecule has 1 N–H and O–H groups in total. The van der Waals surface area contributed by atoms with Crippen molar-refractivity contribution in [3.05, 3.63) is 34.9 Å². The van der Waals surface area contributed by atoms with Gasteiger partial charge in [-0.3, -0.25) is 0 Å². The lowest BCUT2D eigenvalue weighted by atomic mass is 9.78. The van der Waals surface area contributed by atoms with Gasteiger partial charge in [-0.1, -0.05) is 23.8 Å². The van der Waals surface area contributed by atoms with Crippen LogP contribution in [0.1, 0.15) is 56.8 Å². The second-order valence-corrected chi connectivity index (χ2v) is 7.40. The van der Waals surface area contributed by atoms with Gasteiger partial charge in [0.2, 0.25) is 0 Å². The molecule has 2 unspecified atom stereocenters. The van der Waals surface area contributed by atoms with Gasteiger partial charge in [0, 0.05) is 12.0 Å². The smallest absolute Gasteiger partial charge is 0.0681 e. The first kappa shape index (κ1) is 15.5. The average molecular weight is 275 g/mol. The van der Waals surface area contributed by atoms with Gasteiger partial charge in [-0.05, 0) is 66.1 Å². The minimum Gasteiger partial charge on any atom is -0.369 e. The van der Waals surface area contributed by atoms with Crippen LogP contribution < -0.4 is 5.32 Å². The molecule has 1 fully saturated rings. The number of aryl methyl sites for hydroxylation is 2. The van der Waals surface area contributed by atoms with E-state index in [1.807, 2.05) is 0 Å². The Bertz CT molecular complexity index is 490. The van der Waals surface area contributed by atoms with E-state index in [1.165, 1.54) is 16.7 Å². The van der Waals surface area contributed by atoms with Crippen LogP contribution in [0.25, 0.3) is 0 Å². The molecule has 1 aliphatic heterocycles.